The van der Waals surface area contributed by atoms with Crippen LogP contribution in [0.4, 0.5) is 18.9 Å². The van der Waals surface area contributed by atoms with Crippen LogP contribution in [0.25, 0.3) is 0 Å². The van der Waals surface area contributed by atoms with Gasteiger partial charge < -0.3 is 5.73 Å². The van der Waals surface area contributed by atoms with Crippen molar-refractivity contribution in [1.29, 1.82) is 0 Å². The van der Waals surface area contributed by atoms with Crippen LogP contribution in [0.3, 0.4) is 0 Å². The molecule has 0 bridgehead atoms. The van der Waals surface area contributed by atoms with Crippen LogP contribution in [0, 0.1) is 17.5 Å². The van der Waals surface area contributed by atoms with Crippen molar-refractivity contribution in [3.05, 3.63) is 65.0 Å². The van der Waals surface area contributed by atoms with E-state index < -0.39 is 23.2 Å². The van der Waals surface area contributed by atoms with Crippen LogP contribution < -0.4 is 5.73 Å². The fraction of sp³-hybridized carbons (Fsp3) is 0. The minimum Gasteiger partial charge on any atom is -0.396 e. The molecule has 0 saturated heterocycles. The molecular weight excluding hydrogens is 243 g/mol. The SMILES string of the molecule is Nc1ccc(C(=O)c2ccc(F)c(F)c2)cc1F. The van der Waals surface area contributed by atoms with E-state index in [1.165, 1.54) is 12.1 Å². The van der Waals surface area contributed by atoms with Crippen molar-refractivity contribution in [3.8, 4) is 0 Å². The standard InChI is InChI=1S/C13H8F3NO/c14-9-3-1-7(5-10(9)15)13(18)8-2-4-12(17)11(16)6-8/h1-6H,17H2. The minimum atomic E-state index is -1.13. The molecule has 0 spiro atoms. The van der Waals surface area contributed by atoms with Crippen molar-refractivity contribution >= 4 is 11.5 Å². The first-order valence-corrected chi connectivity index (χ1v) is 5.04. The van der Waals surface area contributed by atoms with Crippen LogP contribution in [0.1, 0.15) is 15.9 Å². The summed E-state index contributed by atoms with van der Waals surface area (Å²) in [6.07, 6.45) is 0. The lowest BCUT2D eigenvalue weighted by Crippen LogP contribution is -2.04. The molecule has 18 heavy (non-hydrogen) atoms. The van der Waals surface area contributed by atoms with Crippen LogP contribution in [0.15, 0.2) is 36.4 Å². The average molecular weight is 251 g/mol. The molecule has 0 aliphatic heterocycles. The molecule has 0 aliphatic rings. The highest BCUT2D eigenvalue weighted by Crippen LogP contribution is 2.17. The summed E-state index contributed by atoms with van der Waals surface area (Å²) in [5.74, 6) is -3.51. The average Bonchev–Trinajstić information content (AvgIpc) is 2.35. The van der Waals surface area contributed by atoms with Crippen molar-refractivity contribution in [2.24, 2.45) is 0 Å². The van der Waals surface area contributed by atoms with Gasteiger partial charge in [0.15, 0.2) is 17.4 Å². The molecule has 0 amide bonds. The van der Waals surface area contributed by atoms with Crippen LogP contribution >= 0.6 is 0 Å². The summed E-state index contributed by atoms with van der Waals surface area (Å²) in [4.78, 5) is 11.9. The Kier molecular flexibility index (Phi) is 3.06. The van der Waals surface area contributed by atoms with E-state index in [2.05, 4.69) is 0 Å². The topological polar surface area (TPSA) is 43.1 Å². The Morgan fingerprint density at radius 1 is 0.833 bits per heavy atom. The van der Waals surface area contributed by atoms with Gasteiger partial charge in [0.1, 0.15) is 5.82 Å². The summed E-state index contributed by atoms with van der Waals surface area (Å²) < 4.78 is 38.9. The minimum absolute atomic E-state index is 0.0210. The molecule has 2 nitrogen and oxygen atoms in total. The Labute approximate surface area is 101 Å². The van der Waals surface area contributed by atoms with Crippen LogP contribution in [-0.4, -0.2) is 5.78 Å². The molecule has 0 aromatic heterocycles. The molecule has 0 atom stereocenters. The van der Waals surface area contributed by atoms with Crippen molar-refractivity contribution in [1.82, 2.24) is 0 Å². The first-order chi connectivity index (χ1) is 8.49. The molecule has 92 valence electrons. The third-order valence-electron chi connectivity index (χ3n) is 2.44. The highest BCUT2D eigenvalue weighted by Gasteiger charge is 2.13. The fourth-order valence-electron chi connectivity index (χ4n) is 1.47. The highest BCUT2D eigenvalue weighted by atomic mass is 19.2. The molecule has 0 radical (unpaired) electrons. The number of hydrogen-bond donors (Lipinski definition) is 1. The van der Waals surface area contributed by atoms with Gasteiger partial charge in [-0.15, -0.1) is 0 Å². The summed E-state index contributed by atoms with van der Waals surface area (Å²) >= 11 is 0. The normalized spacial score (nSPS) is 10.4. The van der Waals surface area contributed by atoms with E-state index in [1.54, 1.807) is 0 Å². The number of rotatable bonds is 2. The summed E-state index contributed by atoms with van der Waals surface area (Å²) in [7, 11) is 0. The van der Waals surface area contributed by atoms with E-state index >= 15 is 0 Å². The molecule has 0 saturated carbocycles. The molecule has 5 heteroatoms. The maximum Gasteiger partial charge on any atom is 0.193 e. The van der Waals surface area contributed by atoms with Crippen molar-refractivity contribution in [3.63, 3.8) is 0 Å². The van der Waals surface area contributed by atoms with E-state index in [0.29, 0.717) is 0 Å². The zero-order chi connectivity index (χ0) is 13.3. The number of benzene rings is 2. The van der Waals surface area contributed by atoms with E-state index in [9.17, 15) is 18.0 Å². The van der Waals surface area contributed by atoms with Gasteiger partial charge in [0, 0.05) is 11.1 Å². The van der Waals surface area contributed by atoms with Crippen molar-refractivity contribution < 1.29 is 18.0 Å². The Balaban J connectivity index is 2.41. The third-order valence-corrected chi connectivity index (χ3v) is 2.44. The summed E-state index contributed by atoms with van der Waals surface area (Å²) in [5, 5.41) is 0. The second-order valence-electron chi connectivity index (χ2n) is 3.69. The van der Waals surface area contributed by atoms with Gasteiger partial charge in [-0.3, -0.25) is 4.79 Å². The number of carbonyl (C=O) groups is 1. The van der Waals surface area contributed by atoms with Gasteiger partial charge in [0.25, 0.3) is 0 Å². The number of nitrogens with two attached hydrogens (primary N) is 1. The van der Waals surface area contributed by atoms with Crippen molar-refractivity contribution in [2.45, 2.75) is 0 Å². The van der Waals surface area contributed by atoms with Crippen molar-refractivity contribution in [2.75, 3.05) is 5.73 Å². The highest BCUT2D eigenvalue weighted by molar-refractivity contribution is 6.09. The molecule has 2 rings (SSSR count). The van der Waals surface area contributed by atoms with Gasteiger partial charge in [-0.25, -0.2) is 13.2 Å². The van der Waals surface area contributed by atoms with Gasteiger partial charge in [-0.2, -0.15) is 0 Å². The Hall–Kier alpha value is -2.30. The number of hydrogen-bond acceptors (Lipinski definition) is 2. The van der Waals surface area contributed by atoms with E-state index in [0.717, 1.165) is 24.3 Å². The Morgan fingerprint density at radius 3 is 1.94 bits per heavy atom. The van der Waals surface area contributed by atoms with E-state index in [-0.39, 0.29) is 16.8 Å². The Morgan fingerprint density at radius 2 is 1.39 bits per heavy atom. The largest absolute Gasteiger partial charge is 0.396 e. The number of halogens is 3. The third kappa shape index (κ3) is 2.20. The molecule has 0 fully saturated rings. The molecule has 0 aliphatic carbocycles. The summed E-state index contributed by atoms with van der Waals surface area (Å²) in [6.45, 7) is 0. The van der Waals surface area contributed by atoms with Gasteiger partial charge in [0.2, 0.25) is 0 Å². The van der Waals surface area contributed by atoms with Gasteiger partial charge in [-0.05, 0) is 36.4 Å². The summed E-state index contributed by atoms with van der Waals surface area (Å²) in [6, 6.07) is 6.26. The molecule has 2 aromatic carbocycles. The van der Waals surface area contributed by atoms with E-state index in [4.69, 9.17) is 5.73 Å². The number of nitrogen functional groups attached to an aromatic ring is 1. The van der Waals surface area contributed by atoms with Crippen LogP contribution in [0.5, 0.6) is 0 Å². The van der Waals surface area contributed by atoms with Gasteiger partial charge >= 0.3 is 0 Å². The number of ketones is 1. The monoisotopic (exact) mass is 251 g/mol. The quantitative estimate of drug-likeness (QED) is 0.658. The number of carbonyl (C=O) groups excluding carboxylic acids is 1. The first kappa shape index (κ1) is 12.2. The predicted molar refractivity (Wildman–Crippen MR) is 60.6 cm³/mol. The van der Waals surface area contributed by atoms with E-state index in [1.807, 2.05) is 0 Å². The lowest BCUT2D eigenvalue weighted by molar-refractivity contribution is 0.103. The lowest BCUT2D eigenvalue weighted by atomic mass is 10.0. The van der Waals surface area contributed by atoms with Crippen LogP contribution in [-0.2, 0) is 0 Å². The van der Waals surface area contributed by atoms with Gasteiger partial charge in [0.05, 0.1) is 5.69 Å². The molecule has 2 aromatic rings. The smallest absolute Gasteiger partial charge is 0.193 e. The number of anilines is 1. The zero-order valence-corrected chi connectivity index (χ0v) is 9.08. The second kappa shape index (κ2) is 4.52. The predicted octanol–water partition coefficient (Wildman–Crippen LogP) is 2.92. The first-order valence-electron chi connectivity index (χ1n) is 5.04. The molecular formula is C13H8F3NO. The molecule has 0 heterocycles. The molecule has 2 N–H and O–H groups in total. The Bertz CT molecular complexity index is 572. The summed E-state index contributed by atoms with van der Waals surface area (Å²) in [5.41, 5.74) is 5.15. The zero-order valence-electron chi connectivity index (χ0n) is 9.08. The fourth-order valence-corrected chi connectivity index (χ4v) is 1.47. The molecule has 0 unspecified atom stereocenters. The maximum atomic E-state index is 13.2. The maximum absolute atomic E-state index is 13.2. The second-order valence-corrected chi connectivity index (χ2v) is 3.69. The van der Waals surface area contributed by atoms with Gasteiger partial charge in [-0.1, -0.05) is 0 Å². The lowest BCUT2D eigenvalue weighted by Gasteiger charge is -2.03. The van der Waals surface area contributed by atoms with Crippen LogP contribution in [0.2, 0.25) is 0 Å².